The molecule has 1 aromatic rings. The van der Waals surface area contributed by atoms with Crippen molar-refractivity contribution in [3.05, 3.63) is 21.9 Å². The second-order valence-corrected chi connectivity index (χ2v) is 7.90. The van der Waals surface area contributed by atoms with Crippen LogP contribution in [-0.2, 0) is 6.42 Å². The first-order valence-corrected chi connectivity index (χ1v) is 8.86. The number of nitrogens with two attached hydrogens (primary N) is 1. The van der Waals surface area contributed by atoms with Gasteiger partial charge in [-0.25, -0.2) is 0 Å². The summed E-state index contributed by atoms with van der Waals surface area (Å²) in [6.07, 6.45) is 8.01. The third-order valence-corrected chi connectivity index (χ3v) is 6.74. The first kappa shape index (κ1) is 13.6. The largest absolute Gasteiger partial charge is 0.327 e. The molecule has 1 saturated carbocycles. The Bertz CT molecular complexity index is 425. The predicted octanol–water partition coefficient (Wildman–Crippen LogP) is 4.57. The van der Waals surface area contributed by atoms with Gasteiger partial charge in [0.05, 0.1) is 0 Å². The molecule has 3 rings (SSSR count). The van der Waals surface area contributed by atoms with Crippen molar-refractivity contribution in [1.29, 1.82) is 0 Å². The number of rotatable bonds is 2. The summed E-state index contributed by atoms with van der Waals surface area (Å²) in [7, 11) is 0. The summed E-state index contributed by atoms with van der Waals surface area (Å²) in [5, 5.41) is 2.27. The van der Waals surface area contributed by atoms with Crippen LogP contribution in [0.3, 0.4) is 0 Å². The van der Waals surface area contributed by atoms with Crippen molar-refractivity contribution < 1.29 is 0 Å². The zero-order valence-corrected chi connectivity index (χ0v) is 13.1. The van der Waals surface area contributed by atoms with Gasteiger partial charge >= 0.3 is 0 Å². The van der Waals surface area contributed by atoms with Gasteiger partial charge in [0.1, 0.15) is 0 Å². The molecule has 0 radical (unpaired) electrons. The number of fused-ring (bicyclic) bond motifs is 1. The summed E-state index contributed by atoms with van der Waals surface area (Å²) in [5.74, 6) is 3.14. The molecule has 2 heteroatoms. The Morgan fingerprint density at radius 1 is 1.21 bits per heavy atom. The molecule has 19 heavy (non-hydrogen) atoms. The maximum absolute atomic E-state index is 6.71. The van der Waals surface area contributed by atoms with E-state index in [1.165, 1.54) is 38.5 Å². The average molecular weight is 277 g/mol. The maximum atomic E-state index is 6.71. The molecule has 0 spiro atoms. The van der Waals surface area contributed by atoms with Crippen LogP contribution < -0.4 is 5.73 Å². The fourth-order valence-corrected chi connectivity index (χ4v) is 5.19. The molecule has 5 unspecified atom stereocenters. The molecule has 2 N–H and O–H groups in total. The van der Waals surface area contributed by atoms with Gasteiger partial charge in [-0.1, -0.05) is 20.3 Å². The Morgan fingerprint density at radius 3 is 2.84 bits per heavy atom. The number of hydrogen-bond acceptors (Lipinski definition) is 2. The van der Waals surface area contributed by atoms with E-state index < -0.39 is 0 Å². The molecule has 0 saturated heterocycles. The van der Waals surface area contributed by atoms with Crippen molar-refractivity contribution in [2.24, 2.45) is 23.5 Å². The van der Waals surface area contributed by atoms with Crippen molar-refractivity contribution in [2.75, 3.05) is 0 Å². The Hall–Kier alpha value is -0.340. The lowest BCUT2D eigenvalue weighted by Crippen LogP contribution is -2.40. The van der Waals surface area contributed by atoms with E-state index >= 15 is 0 Å². The molecular weight excluding hydrogens is 250 g/mol. The zero-order valence-electron chi connectivity index (χ0n) is 12.3. The molecule has 2 aliphatic carbocycles. The highest BCUT2D eigenvalue weighted by atomic mass is 32.1. The number of thiophene rings is 1. The fraction of sp³-hybridized carbons (Fsp3) is 0.765. The quantitative estimate of drug-likeness (QED) is 0.842. The van der Waals surface area contributed by atoms with E-state index in [0.717, 1.165) is 17.8 Å². The molecular formula is C17H27NS. The van der Waals surface area contributed by atoms with Gasteiger partial charge in [0.2, 0.25) is 0 Å². The van der Waals surface area contributed by atoms with Crippen LogP contribution in [0.15, 0.2) is 11.4 Å². The summed E-state index contributed by atoms with van der Waals surface area (Å²) in [4.78, 5) is 1.61. The minimum absolute atomic E-state index is 0.392. The van der Waals surface area contributed by atoms with E-state index in [1.54, 1.807) is 10.4 Å². The van der Waals surface area contributed by atoms with E-state index in [1.807, 2.05) is 11.3 Å². The topological polar surface area (TPSA) is 26.0 Å². The fourth-order valence-electron chi connectivity index (χ4n) is 4.19. The summed E-state index contributed by atoms with van der Waals surface area (Å²) in [6.45, 7) is 4.82. The van der Waals surface area contributed by atoms with E-state index in [0.29, 0.717) is 12.0 Å². The van der Waals surface area contributed by atoms with E-state index in [-0.39, 0.29) is 0 Å². The van der Waals surface area contributed by atoms with Crippen LogP contribution in [0.4, 0.5) is 0 Å². The summed E-state index contributed by atoms with van der Waals surface area (Å²) in [5.41, 5.74) is 8.30. The van der Waals surface area contributed by atoms with Crippen molar-refractivity contribution in [2.45, 2.75) is 64.3 Å². The molecule has 0 bridgehead atoms. The zero-order chi connectivity index (χ0) is 13.4. The van der Waals surface area contributed by atoms with E-state index in [9.17, 15) is 0 Å². The van der Waals surface area contributed by atoms with Gasteiger partial charge in [-0.05, 0) is 66.9 Å². The number of hydrogen-bond donors (Lipinski definition) is 1. The van der Waals surface area contributed by atoms with Crippen molar-refractivity contribution in [3.8, 4) is 0 Å². The Kier molecular flexibility index (Phi) is 4.00. The van der Waals surface area contributed by atoms with Gasteiger partial charge in [-0.3, -0.25) is 0 Å². The normalized spacial score (nSPS) is 36.8. The molecule has 5 atom stereocenters. The lowest BCUT2D eigenvalue weighted by Gasteiger charge is -2.39. The van der Waals surface area contributed by atoms with Crippen molar-refractivity contribution in [1.82, 2.24) is 0 Å². The van der Waals surface area contributed by atoms with Crippen molar-refractivity contribution in [3.63, 3.8) is 0 Å². The van der Waals surface area contributed by atoms with Crippen LogP contribution in [0.1, 0.15) is 62.3 Å². The highest BCUT2D eigenvalue weighted by Crippen LogP contribution is 2.42. The first-order valence-electron chi connectivity index (χ1n) is 7.98. The third kappa shape index (κ3) is 2.62. The summed E-state index contributed by atoms with van der Waals surface area (Å²) < 4.78 is 0. The van der Waals surface area contributed by atoms with E-state index in [2.05, 4.69) is 25.3 Å². The summed E-state index contributed by atoms with van der Waals surface area (Å²) >= 11 is 1.94. The van der Waals surface area contributed by atoms with Crippen molar-refractivity contribution >= 4 is 11.3 Å². The lowest BCUT2D eigenvalue weighted by molar-refractivity contribution is 0.171. The van der Waals surface area contributed by atoms with Gasteiger partial charge in [0, 0.05) is 16.8 Å². The molecule has 1 nitrogen and oxygen atoms in total. The Balaban J connectivity index is 1.73. The molecule has 1 fully saturated rings. The predicted molar refractivity (Wildman–Crippen MR) is 83.6 cm³/mol. The number of aryl methyl sites for hydroxylation is 1. The third-order valence-electron chi connectivity index (χ3n) is 5.75. The van der Waals surface area contributed by atoms with Crippen LogP contribution >= 0.6 is 11.3 Å². The monoisotopic (exact) mass is 277 g/mol. The van der Waals surface area contributed by atoms with Gasteiger partial charge < -0.3 is 5.73 Å². The maximum Gasteiger partial charge on any atom is 0.0137 e. The average Bonchev–Trinajstić information content (AvgIpc) is 2.89. The highest BCUT2D eigenvalue weighted by molar-refractivity contribution is 7.10. The second kappa shape index (κ2) is 5.57. The van der Waals surface area contributed by atoms with Crippen LogP contribution in [-0.4, -0.2) is 6.04 Å². The molecule has 2 aliphatic rings. The highest BCUT2D eigenvalue weighted by Gasteiger charge is 2.34. The van der Waals surface area contributed by atoms with Gasteiger partial charge in [-0.2, -0.15) is 0 Å². The van der Waals surface area contributed by atoms with Gasteiger partial charge in [0.25, 0.3) is 0 Å². The van der Waals surface area contributed by atoms with Crippen LogP contribution in [0.25, 0.3) is 0 Å². The molecule has 1 aromatic heterocycles. The molecule has 0 amide bonds. The van der Waals surface area contributed by atoms with Gasteiger partial charge in [0.15, 0.2) is 0 Å². The molecule has 106 valence electrons. The van der Waals surface area contributed by atoms with E-state index in [4.69, 9.17) is 5.73 Å². The second-order valence-electron chi connectivity index (χ2n) is 6.90. The molecule has 0 aliphatic heterocycles. The summed E-state index contributed by atoms with van der Waals surface area (Å²) in [6, 6.07) is 2.74. The SMILES string of the molecule is CC1CCC(C(N)C2CCCc3sccc32)CC1C. The Labute approximate surface area is 121 Å². The van der Waals surface area contributed by atoms with Gasteiger partial charge in [-0.15, -0.1) is 11.3 Å². The minimum atomic E-state index is 0.392. The van der Waals surface area contributed by atoms with Crippen LogP contribution in [0, 0.1) is 17.8 Å². The smallest absolute Gasteiger partial charge is 0.0137 e. The van der Waals surface area contributed by atoms with Crippen LogP contribution in [0.2, 0.25) is 0 Å². The minimum Gasteiger partial charge on any atom is -0.327 e. The lowest BCUT2D eigenvalue weighted by atomic mass is 9.68. The van der Waals surface area contributed by atoms with Crippen LogP contribution in [0.5, 0.6) is 0 Å². The standard InChI is InChI=1S/C17H27NS/c1-11-6-7-13(10-12(11)2)17(18)15-4-3-5-16-14(15)8-9-19-16/h8-9,11-13,15,17H,3-7,10,18H2,1-2H3. The molecule has 0 aromatic carbocycles. The first-order chi connectivity index (χ1) is 9.16. The Morgan fingerprint density at radius 2 is 2.05 bits per heavy atom. The molecule has 1 heterocycles.